The van der Waals surface area contributed by atoms with Crippen molar-refractivity contribution >= 4 is 19.8 Å². The Morgan fingerprint density at radius 3 is 1.62 bits per heavy atom. The van der Waals surface area contributed by atoms with E-state index in [-0.39, 0.29) is 13.0 Å². The molecule has 276 valence electrons. The van der Waals surface area contributed by atoms with Gasteiger partial charge in [-0.15, -0.1) is 0 Å². The smallest absolute Gasteiger partial charge is 0.472 e. The molecule has 0 amide bonds. The molecular formula is C37H64NO9P. The molecule has 0 aliphatic heterocycles. The fraction of sp³-hybridized carbons (Fsp3) is 0.676. The normalized spacial score (nSPS) is 14.9. The Hall–Kier alpha value is -2.33. The van der Waals surface area contributed by atoms with Gasteiger partial charge in [-0.1, -0.05) is 139 Å². The molecule has 3 atom stereocenters. The highest BCUT2D eigenvalue weighted by Gasteiger charge is 2.27. The maximum atomic E-state index is 12.5. The number of phosphoric acid groups is 1. The molecule has 0 aliphatic rings. The van der Waals surface area contributed by atoms with Crippen LogP contribution in [0.2, 0.25) is 0 Å². The molecule has 3 unspecified atom stereocenters. The minimum Gasteiger partial charge on any atom is -0.480 e. The number of carboxylic acid groups (broad SMARTS) is 1. The number of aliphatic carboxylic acids is 1. The molecule has 0 heterocycles. The fourth-order valence-electron chi connectivity index (χ4n) is 4.32. The second-order valence-electron chi connectivity index (χ2n) is 11.6. The summed E-state index contributed by atoms with van der Waals surface area (Å²) in [6, 6.07) is -1.49. The number of unbranched alkanes of at least 4 members (excludes halogenated alkanes) is 10. The van der Waals surface area contributed by atoms with Gasteiger partial charge in [0.15, 0.2) is 0 Å². The van der Waals surface area contributed by atoms with E-state index in [4.69, 9.17) is 24.8 Å². The Morgan fingerprint density at radius 2 is 1.12 bits per heavy atom. The van der Waals surface area contributed by atoms with Gasteiger partial charge in [0.2, 0.25) is 0 Å². The lowest BCUT2D eigenvalue weighted by Gasteiger charge is -2.20. The summed E-state index contributed by atoms with van der Waals surface area (Å²) in [5, 5.41) is 8.84. The van der Waals surface area contributed by atoms with E-state index in [1.165, 1.54) is 51.4 Å². The van der Waals surface area contributed by atoms with Gasteiger partial charge in [0.05, 0.1) is 26.2 Å². The van der Waals surface area contributed by atoms with Crippen molar-refractivity contribution in [1.29, 1.82) is 0 Å². The van der Waals surface area contributed by atoms with E-state index >= 15 is 0 Å². The average molecular weight is 698 g/mol. The van der Waals surface area contributed by atoms with Crippen LogP contribution in [0.5, 0.6) is 0 Å². The number of nitrogens with two attached hydrogens (primary N) is 1. The quantitative estimate of drug-likeness (QED) is 0.0262. The van der Waals surface area contributed by atoms with Crippen LogP contribution in [0.4, 0.5) is 0 Å². The van der Waals surface area contributed by atoms with Crippen LogP contribution in [0, 0.1) is 0 Å². The molecular weight excluding hydrogens is 633 g/mol. The SMILES string of the molecule is CC/C=C\C/C=C\C/C=C\C/C=C\C/C=C\CC(=O)OC(COCCCCCCCCCCCCC)COP(=O)(O)OCC(N)C(=O)O. The summed E-state index contributed by atoms with van der Waals surface area (Å²) in [6.45, 7) is 3.60. The topological polar surface area (TPSA) is 155 Å². The molecule has 0 radical (unpaired) electrons. The molecule has 10 nitrogen and oxygen atoms in total. The molecule has 0 saturated heterocycles. The highest BCUT2D eigenvalue weighted by molar-refractivity contribution is 7.47. The zero-order chi connectivity index (χ0) is 35.6. The second-order valence-corrected chi connectivity index (χ2v) is 13.1. The molecule has 0 aromatic heterocycles. The summed E-state index contributed by atoms with van der Waals surface area (Å²) in [6.07, 6.45) is 37.4. The van der Waals surface area contributed by atoms with Crippen LogP contribution < -0.4 is 5.73 Å². The number of esters is 1. The van der Waals surface area contributed by atoms with Gasteiger partial charge in [0.1, 0.15) is 12.1 Å². The Kier molecular flexibility index (Phi) is 31.6. The van der Waals surface area contributed by atoms with Gasteiger partial charge in [0.25, 0.3) is 0 Å². The van der Waals surface area contributed by atoms with Crippen LogP contribution in [0.25, 0.3) is 0 Å². The van der Waals surface area contributed by atoms with E-state index < -0.39 is 45.1 Å². The van der Waals surface area contributed by atoms with Gasteiger partial charge in [0, 0.05) is 6.61 Å². The van der Waals surface area contributed by atoms with Gasteiger partial charge in [-0.2, -0.15) is 0 Å². The Bertz CT molecular complexity index is 993. The first-order valence-electron chi connectivity index (χ1n) is 17.8. The number of ether oxygens (including phenoxy) is 2. The lowest BCUT2D eigenvalue weighted by atomic mass is 10.1. The highest BCUT2D eigenvalue weighted by Crippen LogP contribution is 2.43. The fourth-order valence-corrected chi connectivity index (χ4v) is 5.10. The molecule has 0 spiro atoms. The maximum Gasteiger partial charge on any atom is 0.472 e. The van der Waals surface area contributed by atoms with E-state index in [1.54, 1.807) is 6.08 Å². The summed E-state index contributed by atoms with van der Waals surface area (Å²) >= 11 is 0. The maximum absolute atomic E-state index is 12.5. The molecule has 48 heavy (non-hydrogen) atoms. The number of carbonyl (C=O) groups excluding carboxylic acids is 1. The van der Waals surface area contributed by atoms with Crippen molar-refractivity contribution < 1.29 is 42.7 Å². The third kappa shape index (κ3) is 32.2. The van der Waals surface area contributed by atoms with E-state index in [0.717, 1.165) is 44.9 Å². The summed E-state index contributed by atoms with van der Waals surface area (Å²) < 4.78 is 33.0. The molecule has 0 fully saturated rings. The first-order chi connectivity index (χ1) is 23.2. The molecule has 0 aromatic carbocycles. The van der Waals surface area contributed by atoms with E-state index in [0.29, 0.717) is 13.0 Å². The zero-order valence-corrected chi connectivity index (χ0v) is 30.4. The van der Waals surface area contributed by atoms with Crippen molar-refractivity contribution in [3.63, 3.8) is 0 Å². The number of carbonyl (C=O) groups is 2. The van der Waals surface area contributed by atoms with Gasteiger partial charge < -0.3 is 25.2 Å². The molecule has 0 aliphatic carbocycles. The predicted molar refractivity (Wildman–Crippen MR) is 194 cm³/mol. The number of hydrogen-bond donors (Lipinski definition) is 3. The van der Waals surface area contributed by atoms with Crippen LogP contribution in [0.1, 0.15) is 123 Å². The van der Waals surface area contributed by atoms with E-state index in [1.807, 2.05) is 12.2 Å². The van der Waals surface area contributed by atoms with Crippen LogP contribution in [0.3, 0.4) is 0 Å². The van der Waals surface area contributed by atoms with Crippen molar-refractivity contribution in [2.24, 2.45) is 5.73 Å². The number of carboxylic acids is 1. The summed E-state index contributed by atoms with van der Waals surface area (Å²) in [7, 11) is -4.63. The molecule has 4 N–H and O–H groups in total. The Labute approximate surface area is 290 Å². The second kappa shape index (κ2) is 33.2. The molecule has 0 aromatic rings. The number of phosphoric ester groups is 1. The summed E-state index contributed by atoms with van der Waals surface area (Å²) in [5.74, 6) is -1.92. The van der Waals surface area contributed by atoms with E-state index in [9.17, 15) is 19.0 Å². The first kappa shape index (κ1) is 45.7. The molecule has 0 rings (SSSR count). The summed E-state index contributed by atoms with van der Waals surface area (Å²) in [5.41, 5.74) is 5.32. The van der Waals surface area contributed by atoms with Crippen LogP contribution in [-0.4, -0.2) is 60.5 Å². The lowest BCUT2D eigenvalue weighted by molar-refractivity contribution is -0.153. The van der Waals surface area contributed by atoms with Crippen molar-refractivity contribution in [3.05, 3.63) is 60.8 Å². The standard InChI is InChI=1S/C37H64NO9P/c1-3-5-7-9-11-13-15-16-17-18-19-21-23-25-27-29-36(39)47-34(32-45-48(42,43)46-33-35(38)37(40)41)31-44-30-28-26-24-22-20-14-12-10-8-6-4-2/h5,7,11,13,16-17,19,21,25,27,34-35H,3-4,6,8-10,12,14-15,18,20,22-24,26,28-33,38H2,1-2H3,(H,40,41)(H,42,43)/b7-5-,13-11-,17-16-,21-19-,27-25-. The average Bonchev–Trinajstić information content (AvgIpc) is 3.06. The van der Waals surface area contributed by atoms with E-state index in [2.05, 4.69) is 60.9 Å². The number of hydrogen-bond acceptors (Lipinski definition) is 8. The number of allylic oxidation sites excluding steroid dienone is 9. The van der Waals surface area contributed by atoms with Crippen molar-refractivity contribution in [2.45, 2.75) is 135 Å². The highest BCUT2D eigenvalue weighted by atomic mass is 31.2. The van der Waals surface area contributed by atoms with Crippen molar-refractivity contribution in [3.8, 4) is 0 Å². The first-order valence-corrected chi connectivity index (χ1v) is 19.3. The number of rotatable bonds is 33. The molecule has 0 bridgehead atoms. The monoisotopic (exact) mass is 697 g/mol. The lowest BCUT2D eigenvalue weighted by Crippen LogP contribution is -2.34. The van der Waals surface area contributed by atoms with Gasteiger partial charge in [-0.25, -0.2) is 4.57 Å². The summed E-state index contributed by atoms with van der Waals surface area (Å²) in [4.78, 5) is 33.2. The largest absolute Gasteiger partial charge is 0.480 e. The van der Waals surface area contributed by atoms with Crippen LogP contribution in [0.15, 0.2) is 60.8 Å². The third-order valence-electron chi connectivity index (χ3n) is 7.09. The minimum atomic E-state index is -4.63. The van der Waals surface area contributed by atoms with Gasteiger partial charge in [-0.3, -0.25) is 18.6 Å². The molecule has 11 heteroatoms. The van der Waals surface area contributed by atoms with Gasteiger partial charge in [-0.05, 0) is 38.5 Å². The minimum absolute atomic E-state index is 0.0172. The van der Waals surface area contributed by atoms with Gasteiger partial charge >= 0.3 is 19.8 Å². The van der Waals surface area contributed by atoms with Crippen molar-refractivity contribution in [2.75, 3.05) is 26.4 Å². The third-order valence-corrected chi connectivity index (χ3v) is 8.05. The van der Waals surface area contributed by atoms with Crippen molar-refractivity contribution in [1.82, 2.24) is 0 Å². The Balaban J connectivity index is 4.51. The Morgan fingerprint density at radius 1 is 0.667 bits per heavy atom. The van der Waals surface area contributed by atoms with Crippen LogP contribution in [-0.2, 0) is 32.7 Å². The van der Waals surface area contributed by atoms with Crippen LogP contribution >= 0.6 is 7.82 Å². The zero-order valence-electron chi connectivity index (χ0n) is 29.6. The molecule has 0 saturated carbocycles. The predicted octanol–water partition coefficient (Wildman–Crippen LogP) is 8.91.